The van der Waals surface area contributed by atoms with E-state index in [2.05, 4.69) is 15.6 Å². The van der Waals surface area contributed by atoms with Crippen LogP contribution in [-0.4, -0.2) is 16.1 Å². The van der Waals surface area contributed by atoms with Crippen LogP contribution in [0.3, 0.4) is 0 Å². The predicted molar refractivity (Wildman–Crippen MR) is 69.7 cm³/mol. The van der Waals surface area contributed by atoms with Crippen molar-refractivity contribution in [3.8, 4) is 5.75 Å². The van der Waals surface area contributed by atoms with E-state index in [1.807, 2.05) is 0 Å². The Labute approximate surface area is 104 Å². The summed E-state index contributed by atoms with van der Waals surface area (Å²) >= 11 is 0. The molecule has 1 aromatic carbocycles. The SMILES string of the molecule is Cc1cc(NC(=O)Nc2ccncc2)ccc1O. The molecule has 0 fully saturated rings. The van der Waals surface area contributed by atoms with Gasteiger partial charge in [0.2, 0.25) is 0 Å². The minimum atomic E-state index is -0.341. The number of carbonyl (C=O) groups is 1. The fourth-order valence-electron chi connectivity index (χ4n) is 1.46. The number of phenolic OH excluding ortho intramolecular Hbond substituents is 1. The molecule has 0 saturated heterocycles. The normalized spacial score (nSPS) is 9.83. The molecule has 3 N–H and O–H groups in total. The van der Waals surface area contributed by atoms with E-state index in [0.29, 0.717) is 16.9 Å². The van der Waals surface area contributed by atoms with Crippen molar-refractivity contribution in [2.45, 2.75) is 6.92 Å². The number of carbonyl (C=O) groups excluding carboxylic acids is 1. The van der Waals surface area contributed by atoms with E-state index in [1.165, 1.54) is 6.07 Å². The Morgan fingerprint density at radius 1 is 1.11 bits per heavy atom. The molecular weight excluding hydrogens is 230 g/mol. The van der Waals surface area contributed by atoms with E-state index in [9.17, 15) is 9.90 Å². The third-order valence-corrected chi connectivity index (χ3v) is 2.39. The summed E-state index contributed by atoms with van der Waals surface area (Å²) in [6.07, 6.45) is 3.20. The third kappa shape index (κ3) is 2.98. The summed E-state index contributed by atoms with van der Waals surface area (Å²) in [5.74, 6) is 0.204. The van der Waals surface area contributed by atoms with Gasteiger partial charge in [-0.2, -0.15) is 0 Å². The summed E-state index contributed by atoms with van der Waals surface area (Å²) in [7, 11) is 0. The molecule has 5 nitrogen and oxygen atoms in total. The lowest BCUT2D eigenvalue weighted by Gasteiger charge is -2.08. The highest BCUT2D eigenvalue weighted by Crippen LogP contribution is 2.20. The van der Waals surface area contributed by atoms with E-state index in [1.54, 1.807) is 43.6 Å². The van der Waals surface area contributed by atoms with Crippen LogP contribution < -0.4 is 10.6 Å². The second-order valence-corrected chi connectivity index (χ2v) is 3.82. The van der Waals surface area contributed by atoms with Crippen LogP contribution in [0, 0.1) is 6.92 Å². The molecule has 0 radical (unpaired) electrons. The van der Waals surface area contributed by atoms with E-state index in [4.69, 9.17) is 0 Å². The molecule has 0 spiro atoms. The summed E-state index contributed by atoms with van der Waals surface area (Å²) in [5, 5.41) is 14.7. The van der Waals surface area contributed by atoms with Gasteiger partial charge in [0.25, 0.3) is 0 Å². The van der Waals surface area contributed by atoms with Crippen LogP contribution in [0.15, 0.2) is 42.7 Å². The third-order valence-electron chi connectivity index (χ3n) is 2.39. The van der Waals surface area contributed by atoms with Crippen molar-refractivity contribution in [2.24, 2.45) is 0 Å². The first-order valence-electron chi connectivity index (χ1n) is 5.43. The van der Waals surface area contributed by atoms with Gasteiger partial charge >= 0.3 is 6.03 Å². The standard InChI is InChI=1S/C13H13N3O2/c1-9-8-11(2-3-12(9)17)16-13(18)15-10-4-6-14-7-5-10/h2-8,17H,1H3,(H2,14,15,16,18). The van der Waals surface area contributed by atoms with Crippen LogP contribution in [0.5, 0.6) is 5.75 Å². The van der Waals surface area contributed by atoms with Crippen molar-refractivity contribution >= 4 is 17.4 Å². The van der Waals surface area contributed by atoms with Crippen molar-refractivity contribution in [3.05, 3.63) is 48.3 Å². The Hall–Kier alpha value is -2.56. The van der Waals surface area contributed by atoms with E-state index < -0.39 is 0 Å². The van der Waals surface area contributed by atoms with Crippen molar-refractivity contribution in [1.82, 2.24) is 4.98 Å². The summed E-state index contributed by atoms with van der Waals surface area (Å²) in [6, 6.07) is 7.92. The highest BCUT2D eigenvalue weighted by molar-refractivity contribution is 5.99. The zero-order valence-corrected chi connectivity index (χ0v) is 9.84. The molecule has 1 heterocycles. The number of anilines is 2. The van der Waals surface area contributed by atoms with Gasteiger partial charge in [-0.05, 0) is 42.8 Å². The van der Waals surface area contributed by atoms with Crippen molar-refractivity contribution < 1.29 is 9.90 Å². The van der Waals surface area contributed by atoms with Gasteiger partial charge in [0, 0.05) is 23.8 Å². The number of hydrogen-bond acceptors (Lipinski definition) is 3. The maximum atomic E-state index is 11.7. The topological polar surface area (TPSA) is 74.2 Å². The summed E-state index contributed by atoms with van der Waals surface area (Å²) in [4.78, 5) is 15.5. The van der Waals surface area contributed by atoms with Gasteiger partial charge in [0.1, 0.15) is 5.75 Å². The number of urea groups is 1. The Balaban J connectivity index is 2.01. The lowest BCUT2D eigenvalue weighted by Crippen LogP contribution is -2.19. The smallest absolute Gasteiger partial charge is 0.323 e. The zero-order valence-electron chi connectivity index (χ0n) is 9.84. The van der Waals surface area contributed by atoms with Gasteiger partial charge in [-0.25, -0.2) is 4.79 Å². The van der Waals surface area contributed by atoms with Crippen LogP contribution in [0.2, 0.25) is 0 Å². The van der Waals surface area contributed by atoms with Crippen molar-refractivity contribution in [2.75, 3.05) is 10.6 Å². The van der Waals surface area contributed by atoms with Crippen molar-refractivity contribution in [3.63, 3.8) is 0 Å². The molecule has 0 atom stereocenters. The number of nitrogens with one attached hydrogen (secondary N) is 2. The summed E-state index contributed by atoms with van der Waals surface area (Å²) < 4.78 is 0. The summed E-state index contributed by atoms with van der Waals surface area (Å²) in [5.41, 5.74) is 1.99. The first-order valence-corrected chi connectivity index (χ1v) is 5.43. The number of aromatic nitrogens is 1. The maximum Gasteiger partial charge on any atom is 0.323 e. The molecule has 0 saturated carbocycles. The number of amides is 2. The van der Waals surface area contributed by atoms with Crippen LogP contribution in [0.4, 0.5) is 16.2 Å². The largest absolute Gasteiger partial charge is 0.508 e. The molecule has 92 valence electrons. The minimum Gasteiger partial charge on any atom is -0.508 e. The lowest BCUT2D eigenvalue weighted by molar-refractivity contribution is 0.262. The average Bonchev–Trinajstić information content (AvgIpc) is 2.35. The molecule has 2 rings (SSSR count). The van der Waals surface area contributed by atoms with Gasteiger partial charge in [-0.1, -0.05) is 0 Å². The second-order valence-electron chi connectivity index (χ2n) is 3.82. The van der Waals surface area contributed by atoms with Gasteiger partial charge in [-0.3, -0.25) is 4.98 Å². The molecule has 0 aliphatic heterocycles. The molecule has 2 aromatic rings. The maximum absolute atomic E-state index is 11.7. The fourth-order valence-corrected chi connectivity index (χ4v) is 1.46. The number of aryl methyl sites for hydroxylation is 1. The number of rotatable bonds is 2. The molecule has 0 unspecified atom stereocenters. The predicted octanol–water partition coefficient (Wildman–Crippen LogP) is 2.74. The Kier molecular flexibility index (Phi) is 3.43. The second kappa shape index (κ2) is 5.18. The van der Waals surface area contributed by atoms with Gasteiger partial charge in [0.05, 0.1) is 0 Å². The average molecular weight is 243 g/mol. The van der Waals surface area contributed by atoms with E-state index in [0.717, 1.165) is 0 Å². The highest BCUT2D eigenvalue weighted by Gasteiger charge is 2.03. The Morgan fingerprint density at radius 2 is 1.78 bits per heavy atom. The fraction of sp³-hybridized carbons (Fsp3) is 0.0769. The number of phenols is 1. The van der Waals surface area contributed by atoms with E-state index in [-0.39, 0.29) is 11.8 Å². The number of pyridine rings is 1. The molecular formula is C13H13N3O2. The number of nitrogens with zero attached hydrogens (tertiary/aromatic N) is 1. The molecule has 0 bridgehead atoms. The monoisotopic (exact) mass is 243 g/mol. The number of aromatic hydroxyl groups is 1. The molecule has 5 heteroatoms. The highest BCUT2D eigenvalue weighted by atomic mass is 16.3. The zero-order chi connectivity index (χ0) is 13.0. The molecule has 2 amide bonds. The van der Waals surface area contributed by atoms with Crippen LogP contribution in [0.1, 0.15) is 5.56 Å². The lowest BCUT2D eigenvalue weighted by atomic mass is 10.2. The van der Waals surface area contributed by atoms with Gasteiger partial charge in [0.15, 0.2) is 0 Å². The molecule has 1 aromatic heterocycles. The first kappa shape index (κ1) is 11.9. The Morgan fingerprint density at radius 3 is 2.44 bits per heavy atom. The quantitative estimate of drug-likeness (QED) is 0.710. The van der Waals surface area contributed by atoms with Crippen LogP contribution in [0.25, 0.3) is 0 Å². The first-order chi connectivity index (χ1) is 8.65. The Bertz CT molecular complexity index is 555. The van der Waals surface area contributed by atoms with Gasteiger partial charge in [-0.15, -0.1) is 0 Å². The summed E-state index contributed by atoms with van der Waals surface area (Å²) in [6.45, 7) is 1.77. The van der Waals surface area contributed by atoms with Crippen molar-refractivity contribution in [1.29, 1.82) is 0 Å². The molecule has 0 aliphatic rings. The van der Waals surface area contributed by atoms with Crippen LogP contribution >= 0.6 is 0 Å². The van der Waals surface area contributed by atoms with Gasteiger partial charge < -0.3 is 15.7 Å². The van der Waals surface area contributed by atoms with Crippen LogP contribution in [-0.2, 0) is 0 Å². The number of hydrogen-bond donors (Lipinski definition) is 3. The molecule has 18 heavy (non-hydrogen) atoms. The molecule has 0 aliphatic carbocycles. The minimum absolute atomic E-state index is 0.204. The number of benzene rings is 1. The van der Waals surface area contributed by atoms with E-state index >= 15 is 0 Å².